The molecule has 100 valence electrons. The second-order valence-electron chi connectivity index (χ2n) is 4.69. The van der Waals surface area contributed by atoms with E-state index in [4.69, 9.17) is 5.11 Å². The number of aliphatic hydroxyl groups excluding tert-OH is 1. The summed E-state index contributed by atoms with van der Waals surface area (Å²) in [6, 6.07) is 5.97. The molecule has 18 heavy (non-hydrogen) atoms. The highest BCUT2D eigenvalue weighted by Gasteiger charge is 2.13. The van der Waals surface area contributed by atoms with Gasteiger partial charge in [-0.05, 0) is 38.4 Å². The molecule has 3 nitrogen and oxygen atoms in total. The highest BCUT2D eigenvalue weighted by Crippen LogP contribution is 2.12. The Kier molecular flexibility index (Phi) is 6.02. The van der Waals surface area contributed by atoms with Gasteiger partial charge in [0.2, 0.25) is 0 Å². The van der Waals surface area contributed by atoms with Gasteiger partial charge in [0.05, 0.1) is 6.54 Å². The number of Topliss-reactive ketones (excluding diaryl/α,β-unsaturated/α-hetero) is 1. The van der Waals surface area contributed by atoms with Crippen molar-refractivity contribution in [2.45, 2.75) is 27.2 Å². The molecule has 0 aliphatic heterocycles. The van der Waals surface area contributed by atoms with Crippen LogP contribution in [0.1, 0.15) is 34.8 Å². The van der Waals surface area contributed by atoms with E-state index in [-0.39, 0.29) is 12.4 Å². The molecule has 0 saturated heterocycles. The standard InChI is InChI=1S/C15H23NO2/c1-4-16(8-5-9-17)11-15(18)14-10-12(2)6-7-13(14)3/h6-7,10,17H,4-5,8-9,11H2,1-3H3. The van der Waals surface area contributed by atoms with E-state index >= 15 is 0 Å². The SMILES string of the molecule is CCN(CCCO)CC(=O)c1cc(C)ccc1C. The van der Waals surface area contributed by atoms with Gasteiger partial charge in [0.1, 0.15) is 0 Å². The maximum atomic E-state index is 12.2. The largest absolute Gasteiger partial charge is 0.396 e. The van der Waals surface area contributed by atoms with Crippen LogP contribution in [0.4, 0.5) is 0 Å². The number of rotatable bonds is 7. The molecule has 1 rings (SSSR count). The molecule has 1 aromatic carbocycles. The van der Waals surface area contributed by atoms with Crippen LogP contribution in [0, 0.1) is 13.8 Å². The zero-order valence-corrected chi connectivity index (χ0v) is 11.6. The quantitative estimate of drug-likeness (QED) is 0.753. The minimum atomic E-state index is 0.163. The molecule has 1 N–H and O–H groups in total. The fraction of sp³-hybridized carbons (Fsp3) is 0.533. The normalized spacial score (nSPS) is 10.9. The van der Waals surface area contributed by atoms with Crippen molar-refractivity contribution in [1.29, 1.82) is 0 Å². The molecule has 0 aromatic heterocycles. The molecule has 0 aliphatic rings. The van der Waals surface area contributed by atoms with Crippen molar-refractivity contribution in [2.24, 2.45) is 0 Å². The third-order valence-electron chi connectivity index (χ3n) is 3.14. The lowest BCUT2D eigenvalue weighted by atomic mass is 10.0. The molecule has 0 bridgehead atoms. The Hall–Kier alpha value is -1.19. The number of carbonyl (C=O) groups is 1. The van der Waals surface area contributed by atoms with Gasteiger partial charge in [-0.25, -0.2) is 0 Å². The Morgan fingerprint density at radius 1 is 1.33 bits per heavy atom. The third kappa shape index (κ3) is 4.24. The second kappa shape index (κ2) is 7.29. The van der Waals surface area contributed by atoms with E-state index in [0.717, 1.165) is 29.8 Å². The van der Waals surface area contributed by atoms with E-state index in [1.807, 2.05) is 39.0 Å². The van der Waals surface area contributed by atoms with Crippen molar-refractivity contribution in [3.63, 3.8) is 0 Å². The number of carbonyl (C=O) groups excluding carboxylic acids is 1. The van der Waals surface area contributed by atoms with Gasteiger partial charge >= 0.3 is 0 Å². The van der Waals surface area contributed by atoms with Gasteiger partial charge in [-0.3, -0.25) is 9.69 Å². The summed E-state index contributed by atoms with van der Waals surface area (Å²) >= 11 is 0. The van der Waals surface area contributed by atoms with Crippen LogP contribution in [0.2, 0.25) is 0 Å². The maximum absolute atomic E-state index is 12.2. The van der Waals surface area contributed by atoms with E-state index in [1.54, 1.807) is 0 Å². The summed E-state index contributed by atoms with van der Waals surface area (Å²) < 4.78 is 0. The van der Waals surface area contributed by atoms with Crippen molar-refractivity contribution >= 4 is 5.78 Å². The van der Waals surface area contributed by atoms with Crippen LogP contribution in [0.5, 0.6) is 0 Å². The van der Waals surface area contributed by atoms with Gasteiger partial charge in [-0.2, -0.15) is 0 Å². The van der Waals surface area contributed by atoms with Crippen molar-refractivity contribution in [3.05, 3.63) is 34.9 Å². The molecule has 3 heteroatoms. The van der Waals surface area contributed by atoms with Crippen LogP contribution in [-0.4, -0.2) is 42.0 Å². The molecule has 0 spiro atoms. The van der Waals surface area contributed by atoms with Crippen LogP contribution < -0.4 is 0 Å². The number of likely N-dealkylation sites (N-methyl/N-ethyl adjacent to an activating group) is 1. The lowest BCUT2D eigenvalue weighted by Gasteiger charge is -2.19. The fourth-order valence-corrected chi connectivity index (χ4v) is 1.97. The number of ketones is 1. The number of benzene rings is 1. The summed E-state index contributed by atoms with van der Waals surface area (Å²) in [5.41, 5.74) is 2.96. The molecule has 0 atom stereocenters. The summed E-state index contributed by atoms with van der Waals surface area (Å²) in [6.45, 7) is 8.21. The van der Waals surface area contributed by atoms with Crippen LogP contribution in [-0.2, 0) is 0 Å². The first-order valence-corrected chi connectivity index (χ1v) is 6.52. The number of aliphatic hydroxyl groups is 1. The van der Waals surface area contributed by atoms with Crippen molar-refractivity contribution < 1.29 is 9.90 Å². The first kappa shape index (κ1) is 14.9. The third-order valence-corrected chi connectivity index (χ3v) is 3.14. The number of nitrogens with zero attached hydrogens (tertiary/aromatic N) is 1. The fourth-order valence-electron chi connectivity index (χ4n) is 1.97. The average Bonchev–Trinajstić information content (AvgIpc) is 2.37. The molecule has 0 saturated carbocycles. The van der Waals surface area contributed by atoms with Crippen LogP contribution in [0.15, 0.2) is 18.2 Å². The first-order valence-electron chi connectivity index (χ1n) is 6.52. The molecule has 0 fully saturated rings. The Morgan fingerprint density at radius 3 is 2.67 bits per heavy atom. The van der Waals surface area contributed by atoms with Gasteiger partial charge in [0.25, 0.3) is 0 Å². The summed E-state index contributed by atoms with van der Waals surface area (Å²) in [5, 5.41) is 8.83. The monoisotopic (exact) mass is 249 g/mol. The number of hydrogen-bond acceptors (Lipinski definition) is 3. The lowest BCUT2D eigenvalue weighted by molar-refractivity contribution is 0.0927. The summed E-state index contributed by atoms with van der Waals surface area (Å²) in [7, 11) is 0. The smallest absolute Gasteiger partial charge is 0.177 e. The number of hydrogen-bond donors (Lipinski definition) is 1. The molecule has 0 unspecified atom stereocenters. The maximum Gasteiger partial charge on any atom is 0.177 e. The topological polar surface area (TPSA) is 40.5 Å². The molecule has 0 radical (unpaired) electrons. The summed E-state index contributed by atoms with van der Waals surface area (Å²) in [4.78, 5) is 14.3. The molecule has 0 heterocycles. The van der Waals surface area contributed by atoms with Crippen molar-refractivity contribution in [2.75, 3.05) is 26.2 Å². The van der Waals surface area contributed by atoms with Crippen molar-refractivity contribution in [3.8, 4) is 0 Å². The van der Waals surface area contributed by atoms with Crippen LogP contribution >= 0.6 is 0 Å². The molecule has 0 aliphatic carbocycles. The molecule has 1 aromatic rings. The second-order valence-corrected chi connectivity index (χ2v) is 4.69. The van der Waals surface area contributed by atoms with E-state index in [0.29, 0.717) is 13.0 Å². The summed E-state index contributed by atoms with van der Waals surface area (Å²) in [6.07, 6.45) is 0.716. The highest BCUT2D eigenvalue weighted by molar-refractivity contribution is 5.99. The van der Waals surface area contributed by atoms with Gasteiger partial charge in [0.15, 0.2) is 5.78 Å². The van der Waals surface area contributed by atoms with Crippen LogP contribution in [0.25, 0.3) is 0 Å². The molecular formula is C15H23NO2. The van der Waals surface area contributed by atoms with E-state index < -0.39 is 0 Å². The Labute approximate surface area is 109 Å². The van der Waals surface area contributed by atoms with Gasteiger partial charge in [-0.15, -0.1) is 0 Å². The Morgan fingerprint density at radius 2 is 2.06 bits per heavy atom. The molecule has 0 amide bonds. The van der Waals surface area contributed by atoms with Gasteiger partial charge in [-0.1, -0.05) is 24.6 Å². The zero-order valence-electron chi connectivity index (χ0n) is 11.6. The lowest BCUT2D eigenvalue weighted by Crippen LogP contribution is -2.31. The van der Waals surface area contributed by atoms with Gasteiger partial charge in [0, 0.05) is 18.7 Å². The van der Waals surface area contributed by atoms with E-state index in [2.05, 4.69) is 4.90 Å². The van der Waals surface area contributed by atoms with E-state index in [9.17, 15) is 4.79 Å². The Bertz CT molecular complexity index is 401. The highest BCUT2D eigenvalue weighted by atomic mass is 16.3. The predicted octanol–water partition coefficient (Wildman–Crippen LogP) is 2.19. The van der Waals surface area contributed by atoms with E-state index in [1.165, 1.54) is 0 Å². The predicted molar refractivity (Wildman–Crippen MR) is 74.1 cm³/mol. The first-order chi connectivity index (χ1) is 8.58. The van der Waals surface area contributed by atoms with Gasteiger partial charge < -0.3 is 5.11 Å². The Balaban J connectivity index is 2.71. The molecular weight excluding hydrogens is 226 g/mol. The minimum absolute atomic E-state index is 0.163. The van der Waals surface area contributed by atoms with Crippen molar-refractivity contribution in [1.82, 2.24) is 4.90 Å². The average molecular weight is 249 g/mol. The summed E-state index contributed by atoms with van der Waals surface area (Å²) in [5.74, 6) is 0.163. The van der Waals surface area contributed by atoms with Crippen LogP contribution in [0.3, 0.4) is 0 Å². The number of aryl methyl sites for hydroxylation is 2. The zero-order chi connectivity index (χ0) is 13.5. The minimum Gasteiger partial charge on any atom is -0.396 e.